The number of benzene rings is 2. The Labute approximate surface area is 208 Å². The predicted molar refractivity (Wildman–Crippen MR) is 131 cm³/mol. The summed E-state index contributed by atoms with van der Waals surface area (Å²) >= 11 is 0. The van der Waals surface area contributed by atoms with Gasteiger partial charge in [-0.25, -0.2) is 12.8 Å². The van der Waals surface area contributed by atoms with E-state index in [-0.39, 0.29) is 30.4 Å². The van der Waals surface area contributed by atoms with Crippen molar-refractivity contribution in [3.8, 4) is 0 Å². The number of hydrogen-bond acceptors (Lipinski definition) is 7. The normalized spacial score (nSPS) is 16.8. The second-order valence-electron chi connectivity index (χ2n) is 9.01. The van der Waals surface area contributed by atoms with Crippen molar-refractivity contribution < 1.29 is 22.7 Å². The molecule has 0 saturated carbocycles. The van der Waals surface area contributed by atoms with Crippen LogP contribution in [0.5, 0.6) is 0 Å². The fourth-order valence-corrected chi connectivity index (χ4v) is 5.96. The Morgan fingerprint density at radius 2 is 1.92 bits per heavy atom. The summed E-state index contributed by atoms with van der Waals surface area (Å²) in [7, 11) is -1.86. The number of carbonyl (C=O) groups is 1. The van der Waals surface area contributed by atoms with Crippen molar-refractivity contribution in [3.63, 3.8) is 0 Å². The molecule has 2 aromatic carbocycles. The molecular weight excluding hydrogens is 487 g/mol. The maximum atomic E-state index is 13.6. The van der Waals surface area contributed by atoms with Crippen LogP contribution in [-0.4, -0.2) is 72.1 Å². The van der Waals surface area contributed by atoms with E-state index in [1.807, 2.05) is 6.07 Å². The highest BCUT2D eigenvalue weighted by Gasteiger charge is 2.34. The maximum Gasteiger partial charge on any atom is 0.256 e. The molecule has 1 fully saturated rings. The fourth-order valence-electron chi connectivity index (χ4n) is 4.55. The van der Waals surface area contributed by atoms with Gasteiger partial charge in [-0.05, 0) is 43.4 Å². The lowest BCUT2D eigenvalue weighted by atomic mass is 10.1. The molecule has 0 atom stereocenters. The van der Waals surface area contributed by atoms with Crippen LogP contribution in [0.3, 0.4) is 0 Å². The average molecular weight is 515 g/mol. The van der Waals surface area contributed by atoms with E-state index in [0.29, 0.717) is 22.4 Å². The van der Waals surface area contributed by atoms with E-state index in [4.69, 9.17) is 0 Å². The number of anilines is 2. The molecule has 1 amide bonds. The van der Waals surface area contributed by atoms with Crippen LogP contribution in [0.1, 0.15) is 27.2 Å². The van der Waals surface area contributed by atoms with Crippen molar-refractivity contribution in [2.24, 2.45) is 0 Å². The molecule has 5 rings (SSSR count). The number of carbonyl (C=O) groups excluding carboxylic acids is 1. The molecule has 1 saturated heterocycles. The minimum absolute atomic E-state index is 0.00940. The van der Waals surface area contributed by atoms with Crippen molar-refractivity contribution in [2.75, 3.05) is 43.4 Å². The highest BCUT2D eigenvalue weighted by Crippen LogP contribution is 2.32. The molecule has 10 nitrogen and oxygen atoms in total. The first kappa shape index (κ1) is 24.4. The van der Waals surface area contributed by atoms with E-state index >= 15 is 0 Å². The standard InChI is InChI=1S/C24H27FN6O4S/c1-29-7-9-30(10-8-29)22-6-5-16(11-17(22)15-32)24(33)26-23-20-13-31(14-21(20)27-28-23)36(34,35)19-4-2-3-18(25)12-19/h2-6,11-12,32H,7-10,13-15H2,1H3,(H2,26,27,28,33). The molecule has 0 aliphatic carbocycles. The van der Waals surface area contributed by atoms with Crippen LogP contribution in [0, 0.1) is 5.82 Å². The zero-order chi connectivity index (χ0) is 25.4. The first-order valence-corrected chi connectivity index (χ1v) is 13.0. The van der Waals surface area contributed by atoms with E-state index in [2.05, 4.69) is 32.4 Å². The van der Waals surface area contributed by atoms with Crippen LogP contribution in [0.4, 0.5) is 15.9 Å². The Morgan fingerprint density at radius 3 is 2.64 bits per heavy atom. The number of nitrogens with zero attached hydrogens (tertiary/aromatic N) is 4. The number of aromatic amines is 1. The SMILES string of the molecule is CN1CCN(c2ccc(C(=O)Nc3n[nH]c4c3CN(S(=O)(=O)c3cccc(F)c3)C4)cc2CO)CC1. The molecular formula is C24H27FN6O4S. The molecule has 0 bridgehead atoms. The summed E-state index contributed by atoms with van der Waals surface area (Å²) in [5.41, 5.74) is 3.04. The monoisotopic (exact) mass is 514 g/mol. The molecule has 0 radical (unpaired) electrons. The zero-order valence-corrected chi connectivity index (χ0v) is 20.6. The second-order valence-corrected chi connectivity index (χ2v) is 10.9. The molecule has 190 valence electrons. The number of nitrogens with one attached hydrogen (secondary N) is 2. The van der Waals surface area contributed by atoms with Gasteiger partial charge in [0.2, 0.25) is 10.0 Å². The van der Waals surface area contributed by atoms with Gasteiger partial charge in [-0.2, -0.15) is 9.40 Å². The highest BCUT2D eigenvalue weighted by atomic mass is 32.2. The lowest BCUT2D eigenvalue weighted by molar-refractivity contribution is 0.102. The number of sulfonamides is 1. The number of amides is 1. The Bertz CT molecular complexity index is 1400. The number of aliphatic hydroxyl groups is 1. The van der Waals surface area contributed by atoms with Crippen LogP contribution < -0.4 is 10.2 Å². The highest BCUT2D eigenvalue weighted by molar-refractivity contribution is 7.89. The van der Waals surface area contributed by atoms with Gasteiger partial charge in [-0.15, -0.1) is 0 Å². The summed E-state index contributed by atoms with van der Waals surface area (Å²) in [5.74, 6) is -0.819. The first-order chi connectivity index (χ1) is 17.3. The Morgan fingerprint density at radius 1 is 1.14 bits per heavy atom. The van der Waals surface area contributed by atoms with Crippen molar-refractivity contribution in [3.05, 3.63) is 70.7 Å². The molecule has 1 aromatic heterocycles. The van der Waals surface area contributed by atoms with E-state index in [0.717, 1.165) is 37.9 Å². The quantitative estimate of drug-likeness (QED) is 0.458. The maximum absolute atomic E-state index is 13.6. The lowest BCUT2D eigenvalue weighted by Crippen LogP contribution is -2.44. The van der Waals surface area contributed by atoms with Gasteiger partial charge in [0.25, 0.3) is 5.91 Å². The number of H-pyrrole nitrogens is 1. The summed E-state index contributed by atoms with van der Waals surface area (Å²) in [5, 5.41) is 19.6. The van der Waals surface area contributed by atoms with Crippen molar-refractivity contribution in [1.29, 1.82) is 0 Å². The zero-order valence-electron chi connectivity index (χ0n) is 19.7. The van der Waals surface area contributed by atoms with Gasteiger partial charge in [0.05, 0.1) is 23.7 Å². The van der Waals surface area contributed by atoms with Gasteiger partial charge < -0.3 is 20.2 Å². The molecule has 2 aliphatic heterocycles. The van der Waals surface area contributed by atoms with Crippen molar-refractivity contribution in [2.45, 2.75) is 24.6 Å². The van der Waals surface area contributed by atoms with Gasteiger partial charge in [0, 0.05) is 55.1 Å². The van der Waals surface area contributed by atoms with Crippen molar-refractivity contribution >= 4 is 27.4 Å². The summed E-state index contributed by atoms with van der Waals surface area (Å²) in [4.78, 5) is 17.3. The third-order valence-electron chi connectivity index (χ3n) is 6.64. The number of likely N-dealkylation sites (N-methyl/N-ethyl adjacent to an activating group) is 1. The Balaban J connectivity index is 1.31. The lowest BCUT2D eigenvalue weighted by Gasteiger charge is -2.35. The predicted octanol–water partition coefficient (Wildman–Crippen LogP) is 1.75. The summed E-state index contributed by atoms with van der Waals surface area (Å²) < 4.78 is 40.7. The molecule has 0 spiro atoms. The number of halogens is 1. The first-order valence-electron chi connectivity index (χ1n) is 11.6. The topological polar surface area (TPSA) is 122 Å². The van der Waals surface area contributed by atoms with E-state index in [9.17, 15) is 22.7 Å². The largest absolute Gasteiger partial charge is 0.392 e. The Kier molecular flexibility index (Phi) is 6.51. The molecule has 36 heavy (non-hydrogen) atoms. The third-order valence-corrected chi connectivity index (χ3v) is 8.43. The molecule has 3 aromatic rings. The number of piperazine rings is 1. The second kappa shape index (κ2) is 9.62. The molecule has 3 heterocycles. The van der Waals surface area contributed by atoms with E-state index < -0.39 is 21.7 Å². The minimum Gasteiger partial charge on any atom is -0.392 e. The van der Waals surface area contributed by atoms with Crippen LogP contribution in [-0.2, 0) is 29.7 Å². The van der Waals surface area contributed by atoms with Gasteiger partial charge in [0.15, 0.2) is 5.82 Å². The molecule has 2 aliphatic rings. The van der Waals surface area contributed by atoms with Crippen LogP contribution in [0.2, 0.25) is 0 Å². The number of aliphatic hydroxyl groups excluding tert-OH is 1. The minimum atomic E-state index is -3.93. The fraction of sp³-hybridized carbons (Fsp3) is 0.333. The summed E-state index contributed by atoms with van der Waals surface area (Å²) in [6.07, 6.45) is 0. The molecule has 3 N–H and O–H groups in total. The van der Waals surface area contributed by atoms with Crippen LogP contribution >= 0.6 is 0 Å². The van der Waals surface area contributed by atoms with E-state index in [1.165, 1.54) is 22.5 Å². The molecule has 0 unspecified atom stereocenters. The number of fused-ring (bicyclic) bond motifs is 1. The summed E-state index contributed by atoms with van der Waals surface area (Å²) in [6, 6.07) is 10.1. The smallest absolute Gasteiger partial charge is 0.256 e. The molecule has 12 heteroatoms. The Hall–Kier alpha value is -3.32. The average Bonchev–Trinajstić information content (AvgIpc) is 3.47. The number of hydrogen-bond donors (Lipinski definition) is 3. The number of rotatable bonds is 6. The van der Waals surface area contributed by atoms with Crippen LogP contribution in [0.15, 0.2) is 47.4 Å². The van der Waals surface area contributed by atoms with Gasteiger partial charge in [-0.3, -0.25) is 9.89 Å². The van der Waals surface area contributed by atoms with Gasteiger partial charge in [0.1, 0.15) is 5.82 Å². The summed E-state index contributed by atoms with van der Waals surface area (Å²) in [6.45, 7) is 3.34. The number of aromatic nitrogens is 2. The van der Waals surface area contributed by atoms with Crippen molar-refractivity contribution in [1.82, 2.24) is 19.4 Å². The van der Waals surface area contributed by atoms with Gasteiger partial charge in [-0.1, -0.05) is 6.07 Å². The van der Waals surface area contributed by atoms with Gasteiger partial charge >= 0.3 is 0 Å². The van der Waals surface area contributed by atoms with Crippen LogP contribution in [0.25, 0.3) is 0 Å². The third kappa shape index (κ3) is 4.60. The van der Waals surface area contributed by atoms with E-state index in [1.54, 1.807) is 12.1 Å².